The fourth-order valence-electron chi connectivity index (χ4n) is 2.76. The second kappa shape index (κ2) is 8.87. The standard InChI is InChI=1S/C21H18N4O5/c1-4-29-20(26)15-11-23-17(13-8-6-5-7-9-13)24-18(15)25-19-14(10-22)16(12(2)30-19)21(27)28-3/h5-9,11H,4H2,1-3H3,(H,23,24,25). The fraction of sp³-hybridized carbons (Fsp3) is 0.190. The van der Waals surface area contributed by atoms with Crippen molar-refractivity contribution in [1.82, 2.24) is 9.97 Å². The lowest BCUT2D eigenvalue weighted by molar-refractivity contribution is 0.0525. The van der Waals surface area contributed by atoms with Gasteiger partial charge in [-0.05, 0) is 13.8 Å². The predicted octanol–water partition coefficient (Wildman–Crippen LogP) is 3.62. The number of aryl methyl sites for hydroxylation is 1. The Morgan fingerprint density at radius 1 is 1.23 bits per heavy atom. The van der Waals surface area contributed by atoms with Gasteiger partial charge in [0.25, 0.3) is 0 Å². The molecule has 0 aliphatic carbocycles. The van der Waals surface area contributed by atoms with Crippen molar-refractivity contribution in [2.24, 2.45) is 0 Å². The summed E-state index contributed by atoms with van der Waals surface area (Å²) in [5.41, 5.74) is 0.711. The number of nitriles is 1. The average Bonchev–Trinajstić information content (AvgIpc) is 3.08. The Bertz CT molecular complexity index is 1130. The van der Waals surface area contributed by atoms with Gasteiger partial charge in [0, 0.05) is 11.8 Å². The Balaban J connectivity index is 2.11. The molecule has 152 valence electrons. The summed E-state index contributed by atoms with van der Waals surface area (Å²) in [7, 11) is 1.21. The molecule has 3 aromatic rings. The lowest BCUT2D eigenvalue weighted by Crippen LogP contribution is -2.11. The molecule has 0 unspecified atom stereocenters. The first-order valence-electron chi connectivity index (χ1n) is 8.98. The first-order chi connectivity index (χ1) is 14.5. The van der Waals surface area contributed by atoms with Gasteiger partial charge in [0.2, 0.25) is 5.88 Å². The number of nitrogens with zero attached hydrogens (tertiary/aromatic N) is 3. The van der Waals surface area contributed by atoms with Gasteiger partial charge < -0.3 is 19.2 Å². The highest BCUT2D eigenvalue weighted by Gasteiger charge is 2.26. The van der Waals surface area contributed by atoms with Crippen molar-refractivity contribution in [1.29, 1.82) is 5.26 Å². The number of rotatable bonds is 6. The normalized spacial score (nSPS) is 10.2. The fourth-order valence-corrected chi connectivity index (χ4v) is 2.76. The molecule has 2 heterocycles. The van der Waals surface area contributed by atoms with E-state index in [9.17, 15) is 14.9 Å². The number of ether oxygens (including phenoxy) is 2. The third kappa shape index (κ3) is 3.98. The molecule has 2 aromatic heterocycles. The summed E-state index contributed by atoms with van der Waals surface area (Å²) in [6, 6.07) is 11.1. The Morgan fingerprint density at radius 3 is 2.60 bits per heavy atom. The van der Waals surface area contributed by atoms with Crippen molar-refractivity contribution in [2.45, 2.75) is 13.8 Å². The number of carbonyl (C=O) groups excluding carboxylic acids is 2. The van der Waals surface area contributed by atoms with Gasteiger partial charge in [-0.3, -0.25) is 0 Å². The van der Waals surface area contributed by atoms with Gasteiger partial charge in [-0.1, -0.05) is 30.3 Å². The maximum atomic E-state index is 12.4. The predicted molar refractivity (Wildman–Crippen MR) is 106 cm³/mol. The highest BCUT2D eigenvalue weighted by atomic mass is 16.5. The van der Waals surface area contributed by atoms with Gasteiger partial charge in [-0.15, -0.1) is 0 Å². The van der Waals surface area contributed by atoms with Crippen LogP contribution in [0.3, 0.4) is 0 Å². The molecule has 9 nitrogen and oxygen atoms in total. The van der Waals surface area contributed by atoms with Crippen molar-refractivity contribution in [3.05, 3.63) is 59.0 Å². The number of nitrogens with one attached hydrogen (secondary N) is 1. The van der Waals surface area contributed by atoms with E-state index in [4.69, 9.17) is 13.9 Å². The molecule has 0 saturated carbocycles. The first-order valence-corrected chi connectivity index (χ1v) is 8.98. The minimum atomic E-state index is -0.709. The van der Waals surface area contributed by atoms with E-state index >= 15 is 0 Å². The number of hydrogen-bond donors (Lipinski definition) is 1. The van der Waals surface area contributed by atoms with Crippen LogP contribution in [0, 0.1) is 18.3 Å². The minimum Gasteiger partial charge on any atom is -0.465 e. The van der Waals surface area contributed by atoms with Crippen LogP contribution in [0.15, 0.2) is 40.9 Å². The number of carbonyl (C=O) groups is 2. The summed E-state index contributed by atoms with van der Waals surface area (Å²) in [5.74, 6) is -0.784. The number of benzene rings is 1. The molecule has 0 aliphatic rings. The van der Waals surface area contributed by atoms with E-state index in [1.54, 1.807) is 6.92 Å². The van der Waals surface area contributed by atoms with E-state index in [0.29, 0.717) is 5.82 Å². The molecular formula is C21H18N4O5. The molecule has 0 bridgehead atoms. The SMILES string of the molecule is CCOC(=O)c1cnc(-c2ccccc2)nc1Nc1oc(C)c(C(=O)OC)c1C#N. The van der Waals surface area contributed by atoms with Crippen LogP contribution in [0.2, 0.25) is 0 Å². The molecular weight excluding hydrogens is 388 g/mol. The largest absolute Gasteiger partial charge is 0.465 e. The number of anilines is 2. The van der Waals surface area contributed by atoms with Crippen LogP contribution < -0.4 is 5.32 Å². The van der Waals surface area contributed by atoms with Crippen LogP contribution in [0.25, 0.3) is 11.4 Å². The van der Waals surface area contributed by atoms with E-state index in [2.05, 4.69) is 15.3 Å². The first kappa shape index (κ1) is 20.5. The van der Waals surface area contributed by atoms with Crippen molar-refractivity contribution in [2.75, 3.05) is 19.0 Å². The van der Waals surface area contributed by atoms with Crippen molar-refractivity contribution in [3.8, 4) is 17.5 Å². The molecule has 9 heteroatoms. The second-order valence-electron chi connectivity index (χ2n) is 6.01. The van der Waals surface area contributed by atoms with E-state index in [0.717, 1.165) is 5.56 Å². The van der Waals surface area contributed by atoms with Gasteiger partial charge in [-0.2, -0.15) is 5.26 Å². The van der Waals surface area contributed by atoms with Crippen molar-refractivity contribution < 1.29 is 23.5 Å². The second-order valence-corrected chi connectivity index (χ2v) is 6.01. The van der Waals surface area contributed by atoms with Crippen LogP contribution in [-0.4, -0.2) is 35.6 Å². The summed E-state index contributed by atoms with van der Waals surface area (Å²) in [6.45, 7) is 3.37. The number of furan rings is 1. The topological polar surface area (TPSA) is 127 Å². The third-order valence-electron chi connectivity index (χ3n) is 4.13. The van der Waals surface area contributed by atoms with Gasteiger partial charge >= 0.3 is 11.9 Å². The number of methoxy groups -OCH3 is 1. The van der Waals surface area contributed by atoms with Gasteiger partial charge in [0.1, 0.15) is 28.5 Å². The molecule has 0 atom stereocenters. The molecule has 1 aromatic carbocycles. The van der Waals surface area contributed by atoms with Crippen LogP contribution in [0.5, 0.6) is 0 Å². The Hall–Kier alpha value is -4.19. The quantitative estimate of drug-likeness (QED) is 0.610. The highest BCUT2D eigenvalue weighted by Crippen LogP contribution is 2.31. The number of hydrogen-bond acceptors (Lipinski definition) is 9. The summed E-state index contributed by atoms with van der Waals surface area (Å²) < 4.78 is 15.3. The molecule has 0 saturated heterocycles. The highest BCUT2D eigenvalue weighted by molar-refractivity contribution is 5.97. The van der Waals surface area contributed by atoms with Crippen LogP contribution in [0.4, 0.5) is 11.7 Å². The van der Waals surface area contributed by atoms with Gasteiger partial charge in [0.05, 0.1) is 13.7 Å². The summed E-state index contributed by atoms with van der Waals surface area (Å²) in [5, 5.41) is 12.4. The summed E-state index contributed by atoms with van der Waals surface area (Å²) in [4.78, 5) is 33.0. The molecule has 0 spiro atoms. The molecule has 0 aliphatic heterocycles. The molecule has 1 N–H and O–H groups in total. The van der Waals surface area contributed by atoms with Gasteiger partial charge in [0.15, 0.2) is 11.6 Å². The minimum absolute atomic E-state index is 0.00229. The molecule has 0 radical (unpaired) electrons. The average molecular weight is 406 g/mol. The Kier molecular flexibility index (Phi) is 6.08. The zero-order valence-corrected chi connectivity index (χ0v) is 16.6. The maximum Gasteiger partial charge on any atom is 0.343 e. The van der Waals surface area contributed by atoms with Crippen molar-refractivity contribution in [3.63, 3.8) is 0 Å². The van der Waals surface area contributed by atoms with Crippen molar-refractivity contribution >= 4 is 23.6 Å². The van der Waals surface area contributed by atoms with Crippen LogP contribution >= 0.6 is 0 Å². The van der Waals surface area contributed by atoms with E-state index < -0.39 is 11.9 Å². The zero-order valence-electron chi connectivity index (χ0n) is 16.6. The Labute approximate surface area is 172 Å². The molecule has 3 rings (SSSR count). The molecule has 30 heavy (non-hydrogen) atoms. The third-order valence-corrected chi connectivity index (χ3v) is 4.13. The van der Waals surface area contributed by atoms with E-state index in [1.165, 1.54) is 20.2 Å². The zero-order chi connectivity index (χ0) is 21.7. The number of esters is 2. The lowest BCUT2D eigenvalue weighted by atomic mass is 10.1. The molecule has 0 fully saturated rings. The maximum absolute atomic E-state index is 12.4. The summed E-state index contributed by atoms with van der Waals surface area (Å²) >= 11 is 0. The number of aromatic nitrogens is 2. The van der Waals surface area contributed by atoms with Crippen LogP contribution in [-0.2, 0) is 9.47 Å². The molecule has 0 amide bonds. The van der Waals surface area contributed by atoms with Gasteiger partial charge in [-0.25, -0.2) is 19.6 Å². The lowest BCUT2D eigenvalue weighted by Gasteiger charge is -2.10. The Morgan fingerprint density at radius 2 is 1.97 bits per heavy atom. The monoisotopic (exact) mass is 406 g/mol. The van der Waals surface area contributed by atoms with E-state index in [1.807, 2.05) is 36.4 Å². The van der Waals surface area contributed by atoms with Crippen LogP contribution in [0.1, 0.15) is 39.0 Å². The summed E-state index contributed by atoms with van der Waals surface area (Å²) in [6.07, 6.45) is 1.33. The smallest absolute Gasteiger partial charge is 0.343 e. The van der Waals surface area contributed by atoms with E-state index in [-0.39, 0.29) is 40.8 Å².